The summed E-state index contributed by atoms with van der Waals surface area (Å²) >= 11 is 1.35. The maximum Gasteiger partial charge on any atom is 0.253 e. The van der Waals surface area contributed by atoms with Crippen LogP contribution in [0.15, 0.2) is 40.9 Å². The molecular weight excluding hydrogens is 360 g/mol. The molecule has 0 radical (unpaired) electrons. The van der Waals surface area contributed by atoms with Crippen molar-refractivity contribution in [3.05, 3.63) is 52.1 Å². The van der Waals surface area contributed by atoms with Crippen molar-refractivity contribution in [2.24, 2.45) is 0 Å². The Hall–Kier alpha value is -2.23. The molecule has 1 N–H and O–H groups in total. The zero-order chi connectivity index (χ0) is 17.8. The predicted molar refractivity (Wildman–Crippen MR) is 94.3 cm³/mol. The van der Waals surface area contributed by atoms with Gasteiger partial charge < -0.3 is 9.72 Å². The highest BCUT2D eigenvalue weighted by atomic mass is 32.2. The number of thiophene rings is 1. The van der Waals surface area contributed by atoms with E-state index >= 15 is 0 Å². The van der Waals surface area contributed by atoms with E-state index < -0.39 is 10.0 Å². The van der Waals surface area contributed by atoms with Gasteiger partial charge in [0.15, 0.2) is 0 Å². The van der Waals surface area contributed by atoms with Crippen molar-refractivity contribution in [1.29, 1.82) is 0 Å². The quantitative estimate of drug-likeness (QED) is 0.739. The highest BCUT2D eigenvalue weighted by Gasteiger charge is 2.36. The van der Waals surface area contributed by atoms with Crippen LogP contribution in [0, 0.1) is 6.92 Å². The molecule has 0 saturated carbocycles. The van der Waals surface area contributed by atoms with Crippen LogP contribution in [0.1, 0.15) is 27.0 Å². The summed E-state index contributed by atoms with van der Waals surface area (Å²) in [5.74, 6) is -0.245. The Morgan fingerprint density at radius 1 is 1.32 bits per heavy atom. The molecular formula is C16H16N4O3S2. The third kappa shape index (κ3) is 2.64. The number of hydrogen-bond donors (Lipinski definition) is 1. The van der Waals surface area contributed by atoms with Crippen molar-refractivity contribution in [3.63, 3.8) is 0 Å². The molecule has 130 valence electrons. The Bertz CT molecular complexity index is 1080. The summed E-state index contributed by atoms with van der Waals surface area (Å²) in [4.78, 5) is 17.9. The molecule has 3 aromatic rings. The Morgan fingerprint density at radius 2 is 2.12 bits per heavy atom. The van der Waals surface area contributed by atoms with Crippen molar-refractivity contribution in [3.8, 4) is 0 Å². The number of nitrogens with one attached hydrogen (secondary N) is 1. The number of fused-ring (bicyclic) bond motifs is 2. The Labute approximate surface area is 149 Å². The van der Waals surface area contributed by atoms with Crippen LogP contribution >= 0.6 is 11.3 Å². The van der Waals surface area contributed by atoms with Gasteiger partial charge in [-0.05, 0) is 30.5 Å². The van der Waals surface area contributed by atoms with Crippen molar-refractivity contribution in [2.75, 3.05) is 13.6 Å². The molecule has 0 spiro atoms. The van der Waals surface area contributed by atoms with Crippen LogP contribution in [-0.4, -0.2) is 41.6 Å². The molecule has 0 saturated heterocycles. The van der Waals surface area contributed by atoms with Gasteiger partial charge in [-0.1, -0.05) is 0 Å². The number of rotatable bonds is 2. The first-order valence-electron chi connectivity index (χ1n) is 7.66. The highest BCUT2D eigenvalue weighted by Crippen LogP contribution is 2.35. The molecule has 4 rings (SSSR count). The lowest BCUT2D eigenvalue weighted by atomic mass is 10.2. The molecule has 7 nitrogen and oxygen atoms in total. The molecule has 4 heterocycles. The van der Waals surface area contributed by atoms with Crippen LogP contribution in [0.3, 0.4) is 0 Å². The third-order valence-corrected chi connectivity index (χ3v) is 7.28. The standard InChI is InChI=1S/C16H16N4O3S2/c1-10-7-20-8-11(3-4-14(20)17-10)16(21)18-12-9-19(2)25(22,23)13-5-6-24-15(12)13/h3-8,12H,9H2,1-2H3,(H,18,21). The minimum Gasteiger partial charge on any atom is -0.343 e. The average Bonchev–Trinajstić information content (AvgIpc) is 3.18. The largest absolute Gasteiger partial charge is 0.343 e. The fourth-order valence-corrected chi connectivity index (χ4v) is 5.68. The Balaban J connectivity index is 1.64. The van der Waals surface area contributed by atoms with Gasteiger partial charge in [0.1, 0.15) is 5.65 Å². The Kier molecular flexibility index (Phi) is 3.67. The van der Waals surface area contributed by atoms with Gasteiger partial charge in [-0.15, -0.1) is 11.3 Å². The van der Waals surface area contributed by atoms with Gasteiger partial charge in [-0.3, -0.25) is 4.79 Å². The number of carbonyl (C=O) groups is 1. The van der Waals surface area contributed by atoms with Gasteiger partial charge in [-0.25, -0.2) is 13.4 Å². The van der Waals surface area contributed by atoms with Crippen LogP contribution in [-0.2, 0) is 10.0 Å². The smallest absolute Gasteiger partial charge is 0.253 e. The van der Waals surface area contributed by atoms with Crippen molar-refractivity contribution >= 4 is 32.9 Å². The van der Waals surface area contributed by atoms with E-state index in [1.165, 1.54) is 22.7 Å². The monoisotopic (exact) mass is 376 g/mol. The summed E-state index contributed by atoms with van der Waals surface area (Å²) < 4.78 is 27.7. The number of likely N-dealkylation sites (N-methyl/N-ethyl adjacent to an activating group) is 1. The number of sulfonamides is 1. The van der Waals surface area contributed by atoms with Gasteiger partial charge in [0.25, 0.3) is 5.91 Å². The fraction of sp³-hybridized carbons (Fsp3) is 0.250. The number of pyridine rings is 1. The zero-order valence-electron chi connectivity index (χ0n) is 13.6. The third-order valence-electron chi connectivity index (χ3n) is 4.24. The number of carbonyl (C=O) groups excluding carboxylic acids is 1. The van der Waals surface area contributed by atoms with Gasteiger partial charge >= 0.3 is 0 Å². The molecule has 1 unspecified atom stereocenters. The number of hydrogen-bond acceptors (Lipinski definition) is 5. The van der Waals surface area contributed by atoms with Crippen molar-refractivity contribution in [2.45, 2.75) is 17.9 Å². The van der Waals surface area contributed by atoms with Crippen LogP contribution in [0.25, 0.3) is 5.65 Å². The molecule has 9 heteroatoms. The van der Waals surface area contributed by atoms with Crippen LogP contribution < -0.4 is 5.32 Å². The summed E-state index contributed by atoms with van der Waals surface area (Å²) in [6, 6.07) is 4.73. The lowest BCUT2D eigenvalue weighted by molar-refractivity contribution is 0.0931. The second-order valence-corrected chi connectivity index (χ2v) is 8.99. The fourth-order valence-electron chi connectivity index (χ4n) is 2.99. The van der Waals surface area contributed by atoms with Crippen LogP contribution in [0.2, 0.25) is 0 Å². The van der Waals surface area contributed by atoms with Crippen molar-refractivity contribution in [1.82, 2.24) is 19.0 Å². The van der Waals surface area contributed by atoms with E-state index in [0.717, 1.165) is 11.3 Å². The molecule has 1 atom stereocenters. The molecule has 1 amide bonds. The first-order valence-corrected chi connectivity index (χ1v) is 9.98. The maximum absolute atomic E-state index is 12.7. The van der Waals surface area contributed by atoms with E-state index in [1.54, 1.807) is 34.2 Å². The van der Waals surface area contributed by atoms with Gasteiger partial charge in [-0.2, -0.15) is 4.31 Å². The summed E-state index contributed by atoms with van der Waals surface area (Å²) in [6.07, 6.45) is 3.58. The lowest BCUT2D eigenvalue weighted by Gasteiger charge is -2.29. The van der Waals surface area contributed by atoms with E-state index in [-0.39, 0.29) is 23.4 Å². The SMILES string of the molecule is Cc1cn2cc(C(=O)NC3CN(C)S(=O)(=O)c4ccsc43)ccc2n1. The maximum atomic E-state index is 12.7. The van der Waals surface area contributed by atoms with E-state index in [4.69, 9.17) is 0 Å². The molecule has 0 aliphatic carbocycles. The van der Waals surface area contributed by atoms with Gasteiger partial charge in [0.2, 0.25) is 10.0 Å². The summed E-state index contributed by atoms with van der Waals surface area (Å²) in [5, 5.41) is 4.69. The number of aryl methyl sites for hydroxylation is 1. The van der Waals surface area contributed by atoms with Crippen LogP contribution in [0.5, 0.6) is 0 Å². The van der Waals surface area contributed by atoms with E-state index in [0.29, 0.717) is 10.4 Å². The molecule has 1 aliphatic heterocycles. The molecule has 0 bridgehead atoms. The average molecular weight is 376 g/mol. The highest BCUT2D eigenvalue weighted by molar-refractivity contribution is 7.89. The van der Waals surface area contributed by atoms with E-state index in [9.17, 15) is 13.2 Å². The predicted octanol–water partition coefficient (Wildman–Crippen LogP) is 1.81. The molecule has 3 aromatic heterocycles. The number of aromatic nitrogens is 2. The number of amides is 1. The molecule has 25 heavy (non-hydrogen) atoms. The molecule has 0 fully saturated rings. The van der Waals surface area contributed by atoms with Gasteiger partial charge in [0, 0.05) is 30.9 Å². The second kappa shape index (κ2) is 5.65. The summed E-state index contributed by atoms with van der Waals surface area (Å²) in [6.45, 7) is 2.11. The Morgan fingerprint density at radius 3 is 2.92 bits per heavy atom. The normalized spacial score (nSPS) is 19.7. The first kappa shape index (κ1) is 16.2. The van der Waals surface area contributed by atoms with Crippen LogP contribution in [0.4, 0.5) is 0 Å². The minimum atomic E-state index is -3.46. The summed E-state index contributed by atoms with van der Waals surface area (Å²) in [7, 11) is -1.93. The molecule has 1 aliphatic rings. The number of imidazole rings is 1. The van der Waals surface area contributed by atoms with E-state index in [2.05, 4.69) is 10.3 Å². The molecule has 0 aromatic carbocycles. The zero-order valence-corrected chi connectivity index (χ0v) is 15.3. The minimum absolute atomic E-state index is 0.216. The topological polar surface area (TPSA) is 83.8 Å². The number of nitrogens with zero attached hydrogens (tertiary/aromatic N) is 3. The van der Waals surface area contributed by atoms with Gasteiger partial charge in [0.05, 0.1) is 22.2 Å². The second-order valence-electron chi connectivity index (χ2n) is 6.03. The first-order chi connectivity index (χ1) is 11.9. The van der Waals surface area contributed by atoms with Crippen molar-refractivity contribution < 1.29 is 13.2 Å². The lowest BCUT2D eigenvalue weighted by Crippen LogP contribution is -2.42. The van der Waals surface area contributed by atoms with E-state index in [1.807, 2.05) is 13.1 Å². The summed E-state index contributed by atoms with van der Waals surface area (Å²) in [5.41, 5.74) is 2.15.